The SMILES string of the molecule is CCN(CC)[S+](N(CC)CC)N(CC)CC.[O-][Si](O)(O)OC(F)F. The van der Waals surface area contributed by atoms with Gasteiger partial charge in [0.15, 0.2) is 0 Å². The maximum Gasteiger partial charge on any atom is 0.411 e. The van der Waals surface area contributed by atoms with Crippen LogP contribution in [0.2, 0.25) is 0 Å². The lowest BCUT2D eigenvalue weighted by Gasteiger charge is -2.30. The first-order valence-electron chi connectivity index (χ1n) is 8.22. The minimum atomic E-state index is -5.22. The predicted octanol–water partition coefficient (Wildman–Crippen LogP) is 0.381. The fraction of sp³-hybridized carbons (Fsp3) is 1.00. The summed E-state index contributed by atoms with van der Waals surface area (Å²) in [4.78, 5) is 24.7. The minimum absolute atomic E-state index is 0.162. The first kappa shape index (κ1) is 26.4. The Morgan fingerprint density at radius 3 is 1.17 bits per heavy atom. The molecular formula is C13H33F2N3O4SSi. The van der Waals surface area contributed by atoms with E-state index in [0.717, 1.165) is 39.3 Å². The van der Waals surface area contributed by atoms with Crippen molar-refractivity contribution in [2.75, 3.05) is 39.3 Å². The highest BCUT2D eigenvalue weighted by molar-refractivity contribution is 7.90. The molecule has 0 atom stereocenters. The number of halogens is 2. The van der Waals surface area contributed by atoms with Gasteiger partial charge in [-0.25, -0.2) is 0 Å². The zero-order chi connectivity index (χ0) is 19.3. The molecule has 0 aliphatic rings. The molecule has 11 heteroatoms. The fourth-order valence-corrected chi connectivity index (χ4v) is 4.57. The van der Waals surface area contributed by atoms with Crippen LogP contribution in [-0.2, 0) is 15.9 Å². The van der Waals surface area contributed by atoms with Crippen molar-refractivity contribution in [3.05, 3.63) is 0 Å². The lowest BCUT2D eigenvalue weighted by atomic mass is 10.7. The van der Waals surface area contributed by atoms with Crippen LogP contribution in [0, 0.1) is 0 Å². The summed E-state index contributed by atoms with van der Waals surface area (Å²) in [6, 6.07) is 0. The Hall–Kier alpha value is 0.147. The topological polar surface area (TPSA) is 82.5 Å². The van der Waals surface area contributed by atoms with Crippen LogP contribution < -0.4 is 4.80 Å². The van der Waals surface area contributed by atoms with Crippen molar-refractivity contribution < 1.29 is 27.6 Å². The molecule has 148 valence electrons. The zero-order valence-corrected chi connectivity index (χ0v) is 17.4. The van der Waals surface area contributed by atoms with Crippen LogP contribution in [0.4, 0.5) is 8.78 Å². The Balaban J connectivity index is 0. The largest absolute Gasteiger partial charge is 0.793 e. The lowest BCUT2D eigenvalue weighted by molar-refractivity contribution is -0.321. The molecule has 2 N–H and O–H groups in total. The van der Waals surface area contributed by atoms with E-state index in [4.69, 9.17) is 9.59 Å². The van der Waals surface area contributed by atoms with E-state index in [0.29, 0.717) is 0 Å². The molecular weight excluding hydrogens is 360 g/mol. The van der Waals surface area contributed by atoms with Gasteiger partial charge in [-0.1, -0.05) is 12.9 Å². The van der Waals surface area contributed by atoms with Gasteiger partial charge in [0, 0.05) is 39.3 Å². The van der Waals surface area contributed by atoms with Gasteiger partial charge < -0.3 is 18.8 Å². The summed E-state index contributed by atoms with van der Waals surface area (Å²) < 4.78 is 32.2. The van der Waals surface area contributed by atoms with E-state index in [1.807, 2.05) is 0 Å². The highest BCUT2D eigenvalue weighted by Crippen LogP contribution is 2.16. The quantitative estimate of drug-likeness (QED) is 0.388. The van der Waals surface area contributed by atoms with Gasteiger partial charge in [-0.15, -0.1) is 0 Å². The standard InChI is InChI=1S/C12H30N3S.CH3F2O4Si/c1-7-13(8-2)16(14(9-3)10-4)15(11-5)12-6;2-1(3)7-8(4,5)6/h7-12H2,1-6H3;1,4-5H/q+1;-1. The summed E-state index contributed by atoms with van der Waals surface area (Å²) in [6.07, 6.45) is 0. The third-order valence-electron chi connectivity index (χ3n) is 3.05. The van der Waals surface area contributed by atoms with Crippen molar-refractivity contribution in [3.8, 4) is 0 Å². The van der Waals surface area contributed by atoms with E-state index in [1.54, 1.807) is 0 Å². The van der Waals surface area contributed by atoms with Crippen LogP contribution in [0.15, 0.2) is 0 Å². The third-order valence-corrected chi connectivity index (χ3v) is 6.47. The van der Waals surface area contributed by atoms with Crippen LogP contribution in [0.1, 0.15) is 41.5 Å². The summed E-state index contributed by atoms with van der Waals surface area (Å²) in [7, 11) is -5.22. The second-order valence-corrected chi connectivity index (χ2v) is 7.89. The van der Waals surface area contributed by atoms with Gasteiger partial charge in [0.2, 0.25) is 0 Å². The van der Waals surface area contributed by atoms with Crippen LogP contribution >= 0.6 is 0 Å². The third kappa shape index (κ3) is 11.7. The van der Waals surface area contributed by atoms with Crippen molar-refractivity contribution in [1.82, 2.24) is 12.9 Å². The molecule has 0 aromatic heterocycles. The predicted molar refractivity (Wildman–Crippen MR) is 93.4 cm³/mol. The van der Waals surface area contributed by atoms with Gasteiger partial charge in [0.25, 0.3) is 11.5 Å². The molecule has 0 unspecified atom stereocenters. The first-order valence-corrected chi connectivity index (χ1v) is 11.0. The van der Waals surface area contributed by atoms with Crippen molar-refractivity contribution in [1.29, 1.82) is 0 Å². The molecule has 0 aromatic carbocycles. The number of rotatable bonds is 11. The maximum absolute atomic E-state index is 10.8. The second-order valence-electron chi connectivity index (χ2n) is 4.51. The molecule has 0 fully saturated rings. The normalized spacial score (nSPS) is 12.5. The smallest absolute Gasteiger partial charge is 0.411 e. The fourth-order valence-electron chi connectivity index (χ4n) is 1.97. The van der Waals surface area contributed by atoms with Gasteiger partial charge in [-0.05, 0) is 41.5 Å². The van der Waals surface area contributed by atoms with E-state index < -0.39 is 15.7 Å². The molecule has 0 aliphatic heterocycles. The summed E-state index contributed by atoms with van der Waals surface area (Å²) in [5, 5.41) is 0. The van der Waals surface area contributed by atoms with Crippen LogP contribution in [0.3, 0.4) is 0 Å². The molecule has 0 amide bonds. The first-order chi connectivity index (χ1) is 11.1. The Morgan fingerprint density at radius 2 is 1.08 bits per heavy atom. The Kier molecular flexibility index (Phi) is 15.7. The molecule has 0 bridgehead atoms. The van der Waals surface area contributed by atoms with Gasteiger partial charge >= 0.3 is 15.7 Å². The molecule has 0 saturated carbocycles. The highest BCUT2D eigenvalue weighted by atomic mass is 32.2. The molecule has 0 rings (SSSR count). The second kappa shape index (κ2) is 14.3. The molecule has 0 aromatic rings. The Morgan fingerprint density at radius 1 is 0.833 bits per heavy atom. The average Bonchev–Trinajstić information content (AvgIpc) is 2.48. The van der Waals surface area contributed by atoms with Gasteiger partial charge in [0.05, 0.1) is 0 Å². The van der Waals surface area contributed by atoms with E-state index >= 15 is 0 Å². The van der Waals surface area contributed by atoms with Crippen LogP contribution in [-0.4, -0.2) is 77.4 Å². The van der Waals surface area contributed by atoms with Gasteiger partial charge in [0.1, 0.15) is 0 Å². The number of hydrogen-bond donors (Lipinski definition) is 2. The maximum atomic E-state index is 10.8. The summed E-state index contributed by atoms with van der Waals surface area (Å²) in [6.45, 7) is 16.9. The summed E-state index contributed by atoms with van der Waals surface area (Å²) in [5.41, 5.74) is 0. The molecule has 24 heavy (non-hydrogen) atoms. The van der Waals surface area contributed by atoms with Crippen LogP contribution in [0.5, 0.6) is 0 Å². The monoisotopic (exact) mass is 393 g/mol. The Bertz CT molecular complexity index is 264. The van der Waals surface area contributed by atoms with Crippen molar-refractivity contribution in [2.24, 2.45) is 0 Å². The number of nitrogens with zero attached hydrogens (tertiary/aromatic N) is 3. The molecule has 0 spiro atoms. The molecule has 0 saturated heterocycles. The van der Waals surface area contributed by atoms with Gasteiger partial charge in [-0.2, -0.15) is 8.78 Å². The molecule has 0 radical (unpaired) electrons. The van der Waals surface area contributed by atoms with Crippen molar-refractivity contribution in [3.63, 3.8) is 0 Å². The van der Waals surface area contributed by atoms with E-state index in [9.17, 15) is 13.6 Å². The van der Waals surface area contributed by atoms with Crippen LogP contribution in [0.25, 0.3) is 0 Å². The highest BCUT2D eigenvalue weighted by Gasteiger charge is 2.38. The summed E-state index contributed by atoms with van der Waals surface area (Å²) >= 11 is 0.162. The van der Waals surface area contributed by atoms with Gasteiger partial charge in [-0.3, -0.25) is 0 Å². The molecule has 0 aliphatic carbocycles. The molecule has 0 heterocycles. The zero-order valence-electron chi connectivity index (χ0n) is 15.5. The van der Waals surface area contributed by atoms with E-state index in [1.165, 1.54) is 0 Å². The average molecular weight is 394 g/mol. The van der Waals surface area contributed by atoms with E-state index in [2.05, 4.69) is 58.9 Å². The van der Waals surface area contributed by atoms with Crippen molar-refractivity contribution >= 4 is 20.5 Å². The lowest BCUT2D eigenvalue weighted by Crippen LogP contribution is -2.54. The van der Waals surface area contributed by atoms with E-state index in [-0.39, 0.29) is 11.5 Å². The minimum Gasteiger partial charge on any atom is -0.793 e. The molecule has 7 nitrogen and oxygen atoms in total. The summed E-state index contributed by atoms with van der Waals surface area (Å²) in [5.74, 6) is 0. The van der Waals surface area contributed by atoms with Crippen molar-refractivity contribution in [2.45, 2.75) is 48.2 Å². The Labute approximate surface area is 149 Å². The number of alkyl halides is 2. The number of hydrogen-bond acceptors (Lipinski definition) is 7.